The summed E-state index contributed by atoms with van der Waals surface area (Å²) in [6, 6.07) is 13.0. The van der Waals surface area contributed by atoms with E-state index in [0.717, 1.165) is 17.7 Å². The van der Waals surface area contributed by atoms with Crippen molar-refractivity contribution in [2.24, 2.45) is 0 Å². The number of fused-ring (bicyclic) bond motifs is 1. The van der Waals surface area contributed by atoms with Crippen molar-refractivity contribution in [3.63, 3.8) is 0 Å². The number of benzene rings is 2. The number of carbonyl (C=O) groups excluding carboxylic acids is 2. The Hall–Kier alpha value is -3.22. The lowest BCUT2D eigenvalue weighted by Crippen LogP contribution is -2.47. The Kier molecular flexibility index (Phi) is 4.35. The molecule has 0 radical (unpaired) electrons. The Morgan fingerprint density at radius 3 is 2.85 bits per heavy atom. The summed E-state index contributed by atoms with van der Waals surface area (Å²) < 4.78 is 10.7. The number of amides is 3. The number of likely N-dealkylation sites (tertiary alicyclic amines) is 1. The van der Waals surface area contributed by atoms with E-state index in [9.17, 15) is 9.59 Å². The van der Waals surface area contributed by atoms with E-state index in [1.165, 1.54) is 0 Å². The molecule has 0 bridgehead atoms. The van der Waals surface area contributed by atoms with Crippen LogP contribution in [-0.4, -0.2) is 44.1 Å². The number of ether oxygens (including phenoxy) is 2. The standard InChI is InChI=1S/C20H21N3O4/c1-22-17-7-6-14(11-18(17)27-12-19(22)24)21-20(25)23-9-8-16(23)13-4-3-5-15(10-13)26-2/h3-7,10-11,16H,8-9,12H2,1-2H3,(H,21,25). The minimum atomic E-state index is -0.158. The zero-order chi connectivity index (χ0) is 19.0. The predicted molar refractivity (Wildman–Crippen MR) is 101 cm³/mol. The van der Waals surface area contributed by atoms with E-state index in [-0.39, 0.29) is 24.6 Å². The van der Waals surface area contributed by atoms with Gasteiger partial charge in [0.25, 0.3) is 5.91 Å². The topological polar surface area (TPSA) is 71.1 Å². The van der Waals surface area contributed by atoms with Gasteiger partial charge in [-0.05, 0) is 36.2 Å². The molecular weight excluding hydrogens is 346 g/mol. The first-order valence-corrected chi connectivity index (χ1v) is 8.82. The molecule has 2 aromatic rings. The molecule has 1 saturated heterocycles. The van der Waals surface area contributed by atoms with E-state index >= 15 is 0 Å². The number of nitrogens with zero attached hydrogens (tertiary/aromatic N) is 2. The van der Waals surface area contributed by atoms with Crippen molar-refractivity contribution < 1.29 is 19.1 Å². The van der Waals surface area contributed by atoms with E-state index in [2.05, 4.69) is 5.32 Å². The van der Waals surface area contributed by atoms with Gasteiger partial charge in [-0.25, -0.2) is 4.79 Å². The highest BCUT2D eigenvalue weighted by Crippen LogP contribution is 2.36. The number of methoxy groups -OCH3 is 1. The molecule has 0 saturated carbocycles. The predicted octanol–water partition coefficient (Wildman–Crippen LogP) is 3.03. The van der Waals surface area contributed by atoms with Crippen LogP contribution in [0.4, 0.5) is 16.2 Å². The Balaban J connectivity index is 1.47. The number of hydrogen-bond acceptors (Lipinski definition) is 4. The quantitative estimate of drug-likeness (QED) is 0.905. The SMILES string of the molecule is COc1cccc(C2CCN2C(=O)Nc2ccc3c(c2)OCC(=O)N3C)c1. The van der Waals surface area contributed by atoms with Gasteiger partial charge in [-0.3, -0.25) is 4.79 Å². The molecule has 1 fully saturated rings. The second-order valence-corrected chi connectivity index (χ2v) is 6.63. The maximum absolute atomic E-state index is 12.7. The Morgan fingerprint density at radius 1 is 1.26 bits per heavy atom. The Morgan fingerprint density at radius 2 is 2.11 bits per heavy atom. The van der Waals surface area contributed by atoms with E-state index in [4.69, 9.17) is 9.47 Å². The molecule has 7 heteroatoms. The fraction of sp³-hybridized carbons (Fsp3) is 0.300. The van der Waals surface area contributed by atoms with Crippen LogP contribution in [0.5, 0.6) is 11.5 Å². The third kappa shape index (κ3) is 3.16. The number of rotatable bonds is 3. The highest BCUT2D eigenvalue weighted by molar-refractivity contribution is 5.98. The Labute approximate surface area is 157 Å². The van der Waals surface area contributed by atoms with Crippen molar-refractivity contribution in [2.75, 3.05) is 37.5 Å². The third-order valence-electron chi connectivity index (χ3n) is 5.06. The molecule has 4 rings (SSSR count). The van der Waals surface area contributed by atoms with Gasteiger partial charge in [0, 0.05) is 25.3 Å². The number of likely N-dealkylation sites (N-methyl/N-ethyl adjacent to an activating group) is 1. The number of hydrogen-bond donors (Lipinski definition) is 1. The van der Waals surface area contributed by atoms with E-state index in [1.807, 2.05) is 24.3 Å². The van der Waals surface area contributed by atoms with Crippen molar-refractivity contribution in [3.8, 4) is 11.5 Å². The lowest BCUT2D eigenvalue weighted by atomic mass is 9.95. The van der Waals surface area contributed by atoms with Gasteiger partial charge >= 0.3 is 6.03 Å². The molecule has 2 heterocycles. The normalized spacial score (nSPS) is 18.3. The molecule has 1 N–H and O–H groups in total. The number of anilines is 2. The van der Waals surface area contributed by atoms with Gasteiger partial charge in [0.05, 0.1) is 18.8 Å². The van der Waals surface area contributed by atoms with E-state index in [0.29, 0.717) is 23.7 Å². The van der Waals surface area contributed by atoms with Gasteiger partial charge in [0.2, 0.25) is 0 Å². The lowest BCUT2D eigenvalue weighted by Gasteiger charge is -2.41. The van der Waals surface area contributed by atoms with Crippen LogP contribution >= 0.6 is 0 Å². The first-order chi connectivity index (χ1) is 13.1. The van der Waals surface area contributed by atoms with Gasteiger partial charge in [0.1, 0.15) is 11.5 Å². The maximum atomic E-state index is 12.7. The van der Waals surface area contributed by atoms with Crippen LogP contribution in [0.1, 0.15) is 18.0 Å². The first kappa shape index (κ1) is 17.2. The first-order valence-electron chi connectivity index (χ1n) is 8.82. The van der Waals surface area contributed by atoms with Gasteiger partial charge in [-0.1, -0.05) is 12.1 Å². The van der Waals surface area contributed by atoms with Crippen LogP contribution < -0.4 is 19.7 Å². The van der Waals surface area contributed by atoms with Gasteiger partial charge in [-0.2, -0.15) is 0 Å². The monoisotopic (exact) mass is 367 g/mol. The molecule has 2 aromatic carbocycles. The molecule has 2 aliphatic rings. The van der Waals surface area contributed by atoms with Crippen LogP contribution in [0.2, 0.25) is 0 Å². The molecule has 1 atom stereocenters. The van der Waals surface area contributed by atoms with Gasteiger partial charge < -0.3 is 24.6 Å². The van der Waals surface area contributed by atoms with Crippen LogP contribution in [0.15, 0.2) is 42.5 Å². The highest BCUT2D eigenvalue weighted by Gasteiger charge is 2.34. The van der Waals surface area contributed by atoms with Crippen LogP contribution in [0.3, 0.4) is 0 Å². The number of nitrogens with one attached hydrogen (secondary N) is 1. The summed E-state index contributed by atoms with van der Waals surface area (Å²) in [5, 5.41) is 2.92. The molecule has 0 spiro atoms. The second kappa shape index (κ2) is 6.83. The molecule has 0 aromatic heterocycles. The van der Waals surface area contributed by atoms with E-state index < -0.39 is 0 Å². The molecule has 3 amide bonds. The summed E-state index contributed by atoms with van der Waals surface area (Å²) in [6.07, 6.45) is 0.917. The van der Waals surface area contributed by atoms with Crippen molar-refractivity contribution in [3.05, 3.63) is 48.0 Å². The lowest BCUT2D eigenvalue weighted by molar-refractivity contribution is -0.120. The zero-order valence-electron chi connectivity index (χ0n) is 15.3. The molecule has 7 nitrogen and oxygen atoms in total. The van der Waals surface area contributed by atoms with Crippen molar-refractivity contribution >= 4 is 23.3 Å². The summed E-state index contributed by atoms with van der Waals surface area (Å²) >= 11 is 0. The summed E-state index contributed by atoms with van der Waals surface area (Å²) in [6.45, 7) is 0.706. The maximum Gasteiger partial charge on any atom is 0.322 e. The van der Waals surface area contributed by atoms with E-state index in [1.54, 1.807) is 42.2 Å². The van der Waals surface area contributed by atoms with Crippen molar-refractivity contribution in [1.29, 1.82) is 0 Å². The minimum Gasteiger partial charge on any atom is -0.497 e. The largest absolute Gasteiger partial charge is 0.497 e. The minimum absolute atomic E-state index is 0.00490. The molecule has 1 unspecified atom stereocenters. The van der Waals surface area contributed by atoms with Gasteiger partial charge in [0.15, 0.2) is 6.61 Å². The average Bonchev–Trinajstić information content (AvgIpc) is 2.64. The van der Waals surface area contributed by atoms with Crippen molar-refractivity contribution in [2.45, 2.75) is 12.5 Å². The zero-order valence-corrected chi connectivity index (χ0v) is 15.3. The molecule has 0 aliphatic carbocycles. The Bertz CT molecular complexity index is 899. The number of urea groups is 1. The molecule has 27 heavy (non-hydrogen) atoms. The average molecular weight is 367 g/mol. The van der Waals surface area contributed by atoms with Crippen LogP contribution in [-0.2, 0) is 4.79 Å². The molecular formula is C20H21N3O4. The van der Waals surface area contributed by atoms with Crippen LogP contribution in [0.25, 0.3) is 0 Å². The summed E-state index contributed by atoms with van der Waals surface area (Å²) in [7, 11) is 3.34. The smallest absolute Gasteiger partial charge is 0.322 e. The highest BCUT2D eigenvalue weighted by atomic mass is 16.5. The second-order valence-electron chi connectivity index (χ2n) is 6.63. The fourth-order valence-corrected chi connectivity index (χ4v) is 3.38. The van der Waals surface area contributed by atoms with Gasteiger partial charge in [-0.15, -0.1) is 0 Å². The summed E-state index contributed by atoms with van der Waals surface area (Å²) in [5.74, 6) is 1.27. The fourth-order valence-electron chi connectivity index (χ4n) is 3.38. The molecule has 2 aliphatic heterocycles. The summed E-state index contributed by atoms with van der Waals surface area (Å²) in [5.41, 5.74) is 2.39. The molecule has 140 valence electrons. The van der Waals surface area contributed by atoms with Crippen molar-refractivity contribution in [1.82, 2.24) is 4.90 Å². The van der Waals surface area contributed by atoms with Crippen LogP contribution in [0, 0.1) is 0 Å². The summed E-state index contributed by atoms with van der Waals surface area (Å²) in [4.78, 5) is 27.7. The number of carbonyl (C=O) groups is 2. The third-order valence-corrected chi connectivity index (χ3v) is 5.06.